The third-order valence-electron chi connectivity index (χ3n) is 2.96. The summed E-state index contributed by atoms with van der Waals surface area (Å²) in [5, 5.41) is 19.6. The molecule has 1 aromatic heterocycles. The molecule has 1 heterocycles. The Morgan fingerprint density at radius 2 is 1.95 bits per heavy atom. The lowest BCUT2D eigenvalue weighted by Gasteiger charge is -2.05. The van der Waals surface area contributed by atoms with E-state index in [1.165, 1.54) is 11.3 Å². The van der Waals surface area contributed by atoms with Crippen LogP contribution < -0.4 is 0 Å². The highest BCUT2D eigenvalue weighted by atomic mass is 32.1. The van der Waals surface area contributed by atoms with E-state index in [0.29, 0.717) is 11.3 Å². The van der Waals surface area contributed by atoms with Gasteiger partial charge >= 0.3 is 0 Å². The molecule has 0 fully saturated rings. The number of hydrogen-bond donors (Lipinski definition) is 2. The van der Waals surface area contributed by atoms with Crippen LogP contribution in [0.3, 0.4) is 0 Å². The van der Waals surface area contributed by atoms with Crippen LogP contribution in [0.5, 0.6) is 5.75 Å². The van der Waals surface area contributed by atoms with Gasteiger partial charge in [-0.25, -0.2) is 0 Å². The number of hydrogen-bond acceptors (Lipinski definition) is 3. The van der Waals surface area contributed by atoms with Gasteiger partial charge in [0.15, 0.2) is 0 Å². The second-order valence-corrected chi connectivity index (χ2v) is 5.08. The van der Waals surface area contributed by atoms with Crippen molar-refractivity contribution in [2.75, 3.05) is 0 Å². The lowest BCUT2D eigenvalue weighted by Crippen LogP contribution is -1.88. The summed E-state index contributed by atoms with van der Waals surface area (Å²) in [5.74, 6) is 0.180. The third-order valence-corrected chi connectivity index (χ3v) is 3.98. The zero-order chi connectivity index (χ0) is 14.0. The van der Waals surface area contributed by atoms with Crippen LogP contribution in [0.15, 0.2) is 36.7 Å². The minimum Gasteiger partial charge on any atom is -0.506 e. The highest BCUT2D eigenvalue weighted by molar-refractivity contribution is 7.14. The molecule has 2 N–H and O–H groups in total. The standard InChI is InChI=1S/C16H15NOS/c1-4-11-6-7-13(8-12(11)5-2)16-15(18)14(9-19-16)10(3)17/h4-9,17-18H,1-2H2,3H3. The van der Waals surface area contributed by atoms with E-state index in [0.717, 1.165) is 21.6 Å². The normalized spacial score (nSPS) is 10.2. The van der Waals surface area contributed by atoms with Crippen molar-refractivity contribution in [3.05, 3.63) is 53.4 Å². The van der Waals surface area contributed by atoms with Crippen molar-refractivity contribution in [1.29, 1.82) is 5.41 Å². The summed E-state index contributed by atoms with van der Waals surface area (Å²) in [4.78, 5) is 0.778. The Kier molecular flexibility index (Phi) is 3.67. The van der Waals surface area contributed by atoms with Gasteiger partial charge in [-0.05, 0) is 29.7 Å². The maximum Gasteiger partial charge on any atom is 0.143 e. The molecule has 0 atom stereocenters. The number of rotatable bonds is 4. The topological polar surface area (TPSA) is 44.1 Å². The van der Waals surface area contributed by atoms with E-state index in [1.807, 2.05) is 23.6 Å². The van der Waals surface area contributed by atoms with Gasteiger partial charge in [0.05, 0.1) is 4.88 Å². The van der Waals surface area contributed by atoms with E-state index in [1.54, 1.807) is 19.1 Å². The Morgan fingerprint density at radius 3 is 2.47 bits per heavy atom. The Morgan fingerprint density at radius 1 is 1.26 bits per heavy atom. The molecular weight excluding hydrogens is 254 g/mol. The number of aromatic hydroxyl groups is 1. The predicted molar refractivity (Wildman–Crippen MR) is 84.1 cm³/mol. The molecular formula is C16H15NOS. The Balaban J connectivity index is 2.56. The Bertz CT molecular complexity index is 667. The molecule has 0 radical (unpaired) electrons. The third kappa shape index (κ3) is 2.37. The molecule has 1 aromatic carbocycles. The van der Waals surface area contributed by atoms with Crippen LogP contribution in [0.2, 0.25) is 0 Å². The van der Waals surface area contributed by atoms with E-state index in [9.17, 15) is 5.11 Å². The average Bonchev–Trinajstić information content (AvgIpc) is 2.80. The molecule has 0 bridgehead atoms. The molecule has 2 aromatic rings. The largest absolute Gasteiger partial charge is 0.506 e. The fraction of sp³-hybridized carbons (Fsp3) is 0.0625. The first-order chi connectivity index (χ1) is 9.08. The second kappa shape index (κ2) is 5.24. The summed E-state index contributed by atoms with van der Waals surface area (Å²) in [6.45, 7) is 9.22. The molecule has 0 saturated heterocycles. The van der Waals surface area contributed by atoms with E-state index >= 15 is 0 Å². The first-order valence-electron chi connectivity index (χ1n) is 5.83. The lowest BCUT2D eigenvalue weighted by molar-refractivity contribution is 0.478. The van der Waals surface area contributed by atoms with E-state index < -0.39 is 0 Å². The average molecular weight is 269 g/mol. The van der Waals surface area contributed by atoms with Crippen LogP contribution in [0.1, 0.15) is 23.6 Å². The SMILES string of the molecule is C=Cc1ccc(-c2scc(C(C)=N)c2O)cc1C=C. The molecule has 2 rings (SSSR count). The van der Waals surface area contributed by atoms with Crippen molar-refractivity contribution in [1.82, 2.24) is 0 Å². The van der Waals surface area contributed by atoms with Gasteiger partial charge < -0.3 is 10.5 Å². The lowest BCUT2D eigenvalue weighted by atomic mass is 10.0. The van der Waals surface area contributed by atoms with Gasteiger partial charge in [-0.15, -0.1) is 11.3 Å². The van der Waals surface area contributed by atoms with Crippen molar-refractivity contribution < 1.29 is 5.11 Å². The van der Waals surface area contributed by atoms with Crippen molar-refractivity contribution in [3.63, 3.8) is 0 Å². The maximum atomic E-state index is 10.2. The summed E-state index contributed by atoms with van der Waals surface area (Å²) in [6, 6.07) is 5.87. The first kappa shape index (κ1) is 13.3. The number of nitrogens with one attached hydrogen (secondary N) is 1. The molecule has 0 saturated carbocycles. The zero-order valence-corrected chi connectivity index (χ0v) is 11.6. The van der Waals surface area contributed by atoms with Gasteiger partial charge in [-0.2, -0.15) is 0 Å². The Hall–Kier alpha value is -2.13. The minimum absolute atomic E-state index is 0.180. The maximum absolute atomic E-state index is 10.2. The van der Waals surface area contributed by atoms with Gasteiger partial charge in [0.2, 0.25) is 0 Å². The fourth-order valence-electron chi connectivity index (χ4n) is 1.90. The summed E-state index contributed by atoms with van der Waals surface area (Å²) in [6.07, 6.45) is 3.55. The summed E-state index contributed by atoms with van der Waals surface area (Å²) < 4.78 is 0. The van der Waals surface area contributed by atoms with Gasteiger partial charge in [0, 0.05) is 16.7 Å². The van der Waals surface area contributed by atoms with E-state index in [4.69, 9.17) is 5.41 Å². The monoisotopic (exact) mass is 269 g/mol. The highest BCUT2D eigenvalue weighted by Gasteiger charge is 2.14. The number of benzene rings is 1. The molecule has 3 heteroatoms. The van der Waals surface area contributed by atoms with Crippen molar-refractivity contribution in [2.45, 2.75) is 6.92 Å². The molecule has 0 spiro atoms. The highest BCUT2D eigenvalue weighted by Crippen LogP contribution is 2.39. The summed E-state index contributed by atoms with van der Waals surface area (Å²) in [7, 11) is 0. The summed E-state index contributed by atoms with van der Waals surface area (Å²) >= 11 is 1.44. The van der Waals surface area contributed by atoms with Gasteiger partial charge in [-0.1, -0.05) is 37.4 Å². The quantitative estimate of drug-likeness (QED) is 0.770. The van der Waals surface area contributed by atoms with Gasteiger partial charge in [0.1, 0.15) is 5.75 Å². The molecule has 2 nitrogen and oxygen atoms in total. The molecule has 0 aliphatic carbocycles. The van der Waals surface area contributed by atoms with E-state index in [-0.39, 0.29) is 5.75 Å². The molecule has 0 unspecified atom stereocenters. The van der Waals surface area contributed by atoms with Crippen LogP contribution in [-0.4, -0.2) is 10.8 Å². The number of thiophene rings is 1. The van der Waals surface area contributed by atoms with Crippen LogP contribution in [-0.2, 0) is 0 Å². The van der Waals surface area contributed by atoms with Crippen LogP contribution in [0.4, 0.5) is 0 Å². The van der Waals surface area contributed by atoms with Crippen molar-refractivity contribution in [3.8, 4) is 16.2 Å². The minimum atomic E-state index is 0.180. The van der Waals surface area contributed by atoms with Crippen molar-refractivity contribution in [2.24, 2.45) is 0 Å². The molecule has 19 heavy (non-hydrogen) atoms. The smallest absolute Gasteiger partial charge is 0.143 e. The van der Waals surface area contributed by atoms with Gasteiger partial charge in [0.25, 0.3) is 0 Å². The van der Waals surface area contributed by atoms with Crippen molar-refractivity contribution >= 4 is 29.2 Å². The first-order valence-corrected chi connectivity index (χ1v) is 6.71. The van der Waals surface area contributed by atoms with Crippen LogP contribution in [0.25, 0.3) is 22.6 Å². The predicted octanol–water partition coefficient (Wildman–Crippen LogP) is 4.79. The van der Waals surface area contributed by atoms with E-state index in [2.05, 4.69) is 13.2 Å². The van der Waals surface area contributed by atoms with Crippen LogP contribution >= 0.6 is 11.3 Å². The summed E-state index contributed by atoms with van der Waals surface area (Å²) in [5.41, 5.74) is 3.88. The Labute approximate surface area is 116 Å². The molecule has 0 amide bonds. The fourth-order valence-corrected chi connectivity index (χ4v) is 2.91. The zero-order valence-electron chi connectivity index (χ0n) is 10.7. The molecule has 96 valence electrons. The second-order valence-electron chi connectivity index (χ2n) is 4.20. The molecule has 0 aliphatic heterocycles. The van der Waals surface area contributed by atoms with Crippen LogP contribution in [0, 0.1) is 5.41 Å². The van der Waals surface area contributed by atoms with Gasteiger partial charge in [-0.3, -0.25) is 0 Å². The molecule has 0 aliphatic rings.